The van der Waals surface area contributed by atoms with Crippen molar-refractivity contribution in [1.29, 1.82) is 0 Å². The van der Waals surface area contributed by atoms with Crippen molar-refractivity contribution in [1.82, 2.24) is 19.8 Å². The van der Waals surface area contributed by atoms with Crippen LogP contribution < -0.4 is 9.64 Å². The Morgan fingerprint density at radius 3 is 2.46 bits per heavy atom. The summed E-state index contributed by atoms with van der Waals surface area (Å²) in [5.74, 6) is -0.0774. The van der Waals surface area contributed by atoms with Crippen LogP contribution in [0.3, 0.4) is 0 Å². The molecule has 254 valence electrons. The first-order valence-corrected chi connectivity index (χ1v) is 17.4. The van der Waals surface area contributed by atoms with Crippen molar-refractivity contribution in [2.24, 2.45) is 0 Å². The molecule has 11 heteroatoms. The van der Waals surface area contributed by atoms with Crippen LogP contribution in [-0.2, 0) is 4.74 Å². The van der Waals surface area contributed by atoms with Gasteiger partial charge in [0.25, 0.3) is 0 Å². The zero-order chi connectivity index (χ0) is 33.7. The molecule has 3 atom stereocenters. The molecule has 0 saturated carbocycles. The number of halogens is 2. The number of hydrogen-bond donors (Lipinski definition) is 1. The monoisotopic (exact) mass is 675 g/mol. The van der Waals surface area contributed by atoms with Crippen LogP contribution in [0.15, 0.2) is 42.5 Å². The number of carbonyl (C=O) groups excluding carboxylic acids is 1. The summed E-state index contributed by atoms with van der Waals surface area (Å²) in [6.07, 6.45) is 4.71. The van der Waals surface area contributed by atoms with Crippen molar-refractivity contribution in [3.8, 4) is 22.9 Å². The largest absolute Gasteiger partial charge is 0.508 e. The van der Waals surface area contributed by atoms with Gasteiger partial charge in [0.05, 0.1) is 17.1 Å². The summed E-state index contributed by atoms with van der Waals surface area (Å²) in [7, 11) is 0. The van der Waals surface area contributed by atoms with E-state index in [1.54, 1.807) is 12.1 Å². The Balaban J connectivity index is 1.31. The van der Waals surface area contributed by atoms with Gasteiger partial charge in [-0.2, -0.15) is 9.97 Å². The van der Waals surface area contributed by atoms with Crippen LogP contribution in [0.2, 0.25) is 5.02 Å². The highest BCUT2D eigenvalue weighted by molar-refractivity contribution is 6.35. The number of amides is 1. The minimum atomic E-state index is -0.610. The molecule has 0 radical (unpaired) electrons. The maximum atomic E-state index is 17.0. The number of ether oxygens (including phenoxy) is 2. The van der Waals surface area contributed by atoms with Crippen molar-refractivity contribution in [3.05, 3.63) is 53.3 Å². The SMILES string of the molecule is C[C@H](CN1CCCCC1)Oc1nc(N2CC3CCC(C2)N3C(=O)OC(C)(C)C)c2cc(Cl)c(-c3cc(O)cc4ccccc34)c(F)c2n1. The second-order valence-corrected chi connectivity index (χ2v) is 14.9. The summed E-state index contributed by atoms with van der Waals surface area (Å²) >= 11 is 6.93. The fraction of sp³-hybridized carbons (Fsp3) is 0.486. The number of phenols is 1. The quantitative estimate of drug-likeness (QED) is 0.222. The zero-order valence-corrected chi connectivity index (χ0v) is 28.8. The highest BCUT2D eigenvalue weighted by atomic mass is 35.5. The molecule has 1 aromatic heterocycles. The number of piperazine rings is 1. The lowest BCUT2D eigenvalue weighted by molar-refractivity contribution is 0.0122. The van der Waals surface area contributed by atoms with Gasteiger partial charge in [-0.05, 0) is 101 Å². The molecule has 7 rings (SSSR count). The molecule has 48 heavy (non-hydrogen) atoms. The smallest absolute Gasteiger partial charge is 0.410 e. The Labute approximate surface area is 285 Å². The number of phenolic OH excluding ortho intramolecular Hbond substituents is 1. The third-order valence-corrected chi connectivity index (χ3v) is 9.91. The van der Waals surface area contributed by atoms with Gasteiger partial charge in [-0.3, -0.25) is 9.80 Å². The predicted octanol–water partition coefficient (Wildman–Crippen LogP) is 7.79. The molecule has 3 aliphatic rings. The van der Waals surface area contributed by atoms with E-state index < -0.39 is 11.4 Å². The Hall–Kier alpha value is -3.89. The third kappa shape index (κ3) is 6.44. The van der Waals surface area contributed by atoms with Crippen LogP contribution in [0.25, 0.3) is 32.8 Å². The number of aromatic nitrogens is 2. The van der Waals surface area contributed by atoms with E-state index in [0.29, 0.717) is 29.9 Å². The van der Waals surface area contributed by atoms with Crippen LogP contribution in [-0.4, -0.2) is 87.5 Å². The maximum absolute atomic E-state index is 17.0. The molecule has 9 nitrogen and oxygen atoms in total. The van der Waals surface area contributed by atoms with E-state index in [2.05, 4.69) is 14.8 Å². The van der Waals surface area contributed by atoms with E-state index in [4.69, 9.17) is 26.1 Å². The molecule has 4 heterocycles. The summed E-state index contributed by atoms with van der Waals surface area (Å²) in [6, 6.07) is 12.3. The van der Waals surface area contributed by atoms with Gasteiger partial charge in [-0.15, -0.1) is 0 Å². The number of aromatic hydroxyl groups is 1. The Bertz CT molecular complexity index is 1850. The highest BCUT2D eigenvalue weighted by Gasteiger charge is 2.45. The standard InChI is InChI=1S/C37H43ClFN5O4/c1-22(19-42-14-8-5-9-15-42)47-35-40-33-29(18-30(38)31(32(33)39)28-17-26(45)16-23-10-6-7-11-27(23)28)34(41-35)43-20-24-12-13-25(21-43)44(24)36(46)48-37(2,3)4/h6-7,10-11,16-18,22,24-25,45H,5,8-9,12-15,19-21H2,1-4H3/t22-,24?,25?/m1/s1. The summed E-state index contributed by atoms with van der Waals surface area (Å²) < 4.78 is 29.1. The molecule has 3 saturated heterocycles. The second kappa shape index (κ2) is 12.9. The molecule has 3 aromatic carbocycles. The first-order chi connectivity index (χ1) is 22.9. The van der Waals surface area contributed by atoms with Crippen molar-refractivity contribution in [2.75, 3.05) is 37.6 Å². The predicted molar refractivity (Wildman–Crippen MR) is 187 cm³/mol. The van der Waals surface area contributed by atoms with Crippen LogP contribution in [0.5, 0.6) is 11.8 Å². The number of piperidine rings is 1. The van der Waals surface area contributed by atoms with Crippen molar-refractivity contribution < 1.29 is 23.8 Å². The topological polar surface area (TPSA) is 91.3 Å². The van der Waals surface area contributed by atoms with Crippen LogP contribution >= 0.6 is 11.6 Å². The molecule has 3 aliphatic heterocycles. The highest BCUT2D eigenvalue weighted by Crippen LogP contribution is 2.43. The van der Waals surface area contributed by atoms with Crippen LogP contribution in [0.4, 0.5) is 15.0 Å². The van der Waals surface area contributed by atoms with E-state index in [0.717, 1.165) is 43.2 Å². The number of rotatable bonds is 6. The average Bonchev–Trinajstić information content (AvgIpc) is 3.30. The third-order valence-electron chi connectivity index (χ3n) is 9.61. The first kappa shape index (κ1) is 32.6. The van der Waals surface area contributed by atoms with E-state index in [1.165, 1.54) is 25.3 Å². The molecule has 3 fully saturated rings. The molecule has 2 unspecified atom stereocenters. The van der Waals surface area contributed by atoms with Gasteiger partial charge in [0.2, 0.25) is 0 Å². The molecule has 0 spiro atoms. The van der Waals surface area contributed by atoms with E-state index in [9.17, 15) is 9.90 Å². The lowest BCUT2D eigenvalue weighted by Gasteiger charge is -2.42. The Morgan fingerprint density at radius 1 is 1.04 bits per heavy atom. The number of anilines is 1. The number of nitrogens with zero attached hydrogens (tertiary/aromatic N) is 5. The zero-order valence-electron chi connectivity index (χ0n) is 28.0. The number of carbonyl (C=O) groups is 1. The minimum absolute atomic E-state index is 0.0107. The first-order valence-electron chi connectivity index (χ1n) is 17.0. The molecular formula is C37H43ClFN5O4. The summed E-state index contributed by atoms with van der Waals surface area (Å²) in [5, 5.41) is 12.7. The minimum Gasteiger partial charge on any atom is -0.508 e. The number of likely N-dealkylation sites (tertiary alicyclic amines) is 1. The lowest BCUT2D eigenvalue weighted by atomic mass is 9.96. The van der Waals surface area contributed by atoms with Gasteiger partial charge in [-0.25, -0.2) is 9.18 Å². The second-order valence-electron chi connectivity index (χ2n) is 14.5. The van der Waals surface area contributed by atoms with Crippen molar-refractivity contribution in [3.63, 3.8) is 0 Å². The molecule has 0 aliphatic carbocycles. The van der Waals surface area contributed by atoms with Gasteiger partial charge in [0.15, 0.2) is 5.82 Å². The Morgan fingerprint density at radius 2 is 1.75 bits per heavy atom. The molecular weight excluding hydrogens is 633 g/mol. The number of fused-ring (bicyclic) bond motifs is 4. The Kier molecular flexibility index (Phi) is 8.74. The van der Waals surface area contributed by atoms with Crippen LogP contribution in [0.1, 0.15) is 59.8 Å². The van der Waals surface area contributed by atoms with Gasteiger partial charge in [0.1, 0.15) is 28.8 Å². The van der Waals surface area contributed by atoms with Crippen LogP contribution in [0, 0.1) is 5.82 Å². The fourth-order valence-electron chi connectivity index (χ4n) is 7.61. The average molecular weight is 676 g/mol. The van der Waals surface area contributed by atoms with Gasteiger partial charge < -0.3 is 19.5 Å². The van der Waals surface area contributed by atoms with E-state index >= 15 is 4.39 Å². The fourth-order valence-corrected chi connectivity index (χ4v) is 7.91. The molecule has 4 aromatic rings. The van der Waals surface area contributed by atoms with Gasteiger partial charge >= 0.3 is 12.1 Å². The summed E-state index contributed by atoms with van der Waals surface area (Å²) in [4.78, 5) is 29.1. The molecule has 1 N–H and O–H groups in total. The summed E-state index contributed by atoms with van der Waals surface area (Å²) in [5.41, 5.74) is 0.123. The van der Waals surface area contributed by atoms with E-state index in [1.807, 2.05) is 56.9 Å². The number of benzene rings is 3. The maximum Gasteiger partial charge on any atom is 0.410 e. The molecule has 1 amide bonds. The van der Waals surface area contributed by atoms with Crippen molar-refractivity contribution in [2.45, 2.75) is 83.6 Å². The summed E-state index contributed by atoms with van der Waals surface area (Å²) in [6.45, 7) is 11.4. The van der Waals surface area contributed by atoms with Gasteiger partial charge in [0, 0.05) is 30.6 Å². The lowest BCUT2D eigenvalue weighted by Crippen LogP contribution is -2.57. The normalized spacial score (nSPS) is 20.8. The van der Waals surface area contributed by atoms with Crippen molar-refractivity contribution >= 4 is 45.2 Å². The van der Waals surface area contributed by atoms with E-state index in [-0.39, 0.29) is 52.1 Å². The molecule has 2 bridgehead atoms. The van der Waals surface area contributed by atoms with Gasteiger partial charge in [-0.1, -0.05) is 42.3 Å². The number of hydrogen-bond acceptors (Lipinski definition) is 8.